The summed E-state index contributed by atoms with van der Waals surface area (Å²) in [6.45, 7) is 7.42. The summed E-state index contributed by atoms with van der Waals surface area (Å²) in [5.41, 5.74) is 11.6. The van der Waals surface area contributed by atoms with E-state index in [0.29, 0.717) is 24.2 Å². The van der Waals surface area contributed by atoms with Crippen LogP contribution in [0.5, 0.6) is 0 Å². The predicted octanol–water partition coefficient (Wildman–Crippen LogP) is 10.9. The molecule has 0 radical (unpaired) electrons. The fourth-order valence-corrected chi connectivity index (χ4v) is 10.2. The third-order valence-corrected chi connectivity index (χ3v) is 15.2. The molecule has 0 unspecified atom stereocenters. The molecule has 10 rings (SSSR count). The Balaban J connectivity index is 0.000000230. The second-order valence-electron chi connectivity index (χ2n) is 18.0. The van der Waals surface area contributed by atoms with Gasteiger partial charge in [-0.3, -0.25) is 21.7 Å². The molecule has 16 heteroatoms. The molecule has 13 nitrogen and oxygen atoms in total. The molecule has 2 fully saturated rings. The van der Waals surface area contributed by atoms with Gasteiger partial charge < -0.3 is 30.0 Å². The summed E-state index contributed by atoms with van der Waals surface area (Å²) < 4.78 is 20.0. The SMILES string of the molecule is CO.Cc1nsc(-c2ccc(-c3ccc(C4(C(=O)O)CC4)cc3)cc2)c1NC(=O)O[C@H](C)c1ccccc1.Cc1nsc(-c2ccc(-c3ccc(C4([C-]=O)CC4)cc3)cc2)c1NC(=O)O[C@H](C)c1ccccc1.[K+].[OH-]. The van der Waals surface area contributed by atoms with Crippen LogP contribution in [-0.2, 0) is 29.9 Å². The van der Waals surface area contributed by atoms with Gasteiger partial charge in [0.1, 0.15) is 12.2 Å². The number of carboxylic acid groups (broad SMARTS) is 1. The summed E-state index contributed by atoms with van der Waals surface area (Å²) >= 11 is 2.67. The number of benzene rings is 6. The zero-order valence-electron chi connectivity index (χ0n) is 42.5. The zero-order valence-corrected chi connectivity index (χ0v) is 47.3. The molecule has 2 saturated carbocycles. The van der Waals surface area contributed by atoms with Crippen LogP contribution in [0.25, 0.3) is 43.1 Å². The van der Waals surface area contributed by atoms with Crippen LogP contribution in [0.3, 0.4) is 0 Å². The van der Waals surface area contributed by atoms with Crippen molar-refractivity contribution in [2.75, 3.05) is 17.7 Å². The number of hydrogen-bond acceptors (Lipinski definition) is 12. The van der Waals surface area contributed by atoms with Crippen molar-refractivity contribution in [3.8, 4) is 43.1 Å². The minimum absolute atomic E-state index is 0. The molecule has 5 N–H and O–H groups in total. The summed E-state index contributed by atoms with van der Waals surface area (Å²) in [6.07, 6.45) is 3.58. The first-order chi connectivity index (χ1) is 35.4. The Labute approximate surface area is 487 Å². The van der Waals surface area contributed by atoms with E-state index in [1.807, 2.05) is 161 Å². The Morgan fingerprint density at radius 1 is 0.547 bits per heavy atom. The molecule has 0 bridgehead atoms. The molecule has 0 aliphatic heterocycles. The number of amides is 2. The molecular weight excluding hydrogens is 1010 g/mol. The fourth-order valence-electron chi connectivity index (χ4n) is 8.51. The van der Waals surface area contributed by atoms with Crippen LogP contribution >= 0.6 is 23.1 Å². The van der Waals surface area contributed by atoms with Crippen molar-refractivity contribution in [3.05, 3.63) is 191 Å². The van der Waals surface area contributed by atoms with Gasteiger partial charge in [-0.25, -0.2) is 9.59 Å². The van der Waals surface area contributed by atoms with E-state index in [-0.39, 0.29) is 74.5 Å². The van der Waals surface area contributed by atoms with Gasteiger partial charge in [-0.05, 0) is 114 Å². The minimum atomic E-state index is -0.748. The van der Waals surface area contributed by atoms with Crippen LogP contribution in [0.2, 0.25) is 0 Å². The van der Waals surface area contributed by atoms with Crippen molar-refractivity contribution in [1.82, 2.24) is 8.75 Å². The first kappa shape index (κ1) is 58.1. The molecule has 2 heterocycles. The number of nitrogens with one attached hydrogen (secondary N) is 2. The average Bonchev–Trinajstić information content (AvgIpc) is 4.36. The topological polar surface area (TPSA) is 207 Å². The van der Waals surface area contributed by atoms with E-state index in [4.69, 9.17) is 14.6 Å². The molecule has 2 aliphatic carbocycles. The number of rotatable bonds is 14. The second kappa shape index (κ2) is 26.0. The molecule has 8 aromatic rings. The van der Waals surface area contributed by atoms with E-state index < -0.39 is 23.6 Å². The molecule has 2 atom stereocenters. The van der Waals surface area contributed by atoms with E-state index in [9.17, 15) is 24.3 Å². The van der Waals surface area contributed by atoms with Gasteiger partial charge in [0.25, 0.3) is 0 Å². The average molecular weight is 1070 g/mol. The summed E-state index contributed by atoms with van der Waals surface area (Å²) in [4.78, 5) is 49.8. The zero-order chi connectivity index (χ0) is 51.7. The van der Waals surface area contributed by atoms with Gasteiger partial charge in [0.2, 0.25) is 0 Å². The van der Waals surface area contributed by atoms with Crippen LogP contribution in [0, 0.1) is 13.8 Å². The van der Waals surface area contributed by atoms with Crippen molar-refractivity contribution in [2.45, 2.75) is 76.4 Å². The first-order valence-corrected chi connectivity index (χ1v) is 25.4. The van der Waals surface area contributed by atoms with Crippen LogP contribution in [-0.4, -0.2) is 56.0 Å². The van der Waals surface area contributed by atoms with Crippen LogP contribution in [0.15, 0.2) is 158 Å². The van der Waals surface area contributed by atoms with E-state index in [1.54, 1.807) is 0 Å². The van der Waals surface area contributed by atoms with Gasteiger partial charge in [0.05, 0.1) is 37.9 Å². The summed E-state index contributed by atoms with van der Waals surface area (Å²) in [5.74, 6) is -0.748. The van der Waals surface area contributed by atoms with Crippen LogP contribution in [0.1, 0.15) is 85.4 Å². The summed E-state index contributed by atoms with van der Waals surface area (Å²) in [5, 5.41) is 22.3. The number of aliphatic hydroxyl groups is 1. The molecule has 6 aromatic carbocycles. The number of aromatic nitrogens is 2. The van der Waals surface area contributed by atoms with Gasteiger partial charge in [-0.1, -0.05) is 176 Å². The Morgan fingerprint density at radius 2 is 0.880 bits per heavy atom. The Hall–Kier alpha value is -6.18. The molecule has 2 aromatic heterocycles. The molecule has 75 heavy (non-hydrogen) atoms. The summed E-state index contributed by atoms with van der Waals surface area (Å²) in [6, 6.07) is 51.4. The van der Waals surface area contributed by atoms with Crippen molar-refractivity contribution < 1.29 is 95.7 Å². The van der Waals surface area contributed by atoms with Gasteiger partial charge in [0.15, 0.2) is 0 Å². The van der Waals surface area contributed by atoms with Gasteiger partial charge in [0, 0.05) is 7.11 Å². The number of nitrogens with zero attached hydrogens (tertiary/aromatic N) is 2. The van der Waals surface area contributed by atoms with E-state index in [0.717, 1.165) is 96.7 Å². The van der Waals surface area contributed by atoms with Gasteiger partial charge in [-0.15, -0.1) is 5.41 Å². The largest absolute Gasteiger partial charge is 1.00 e. The number of aliphatic carboxylic acids is 1. The number of ether oxygens (including phenoxy) is 2. The van der Waals surface area contributed by atoms with E-state index in [2.05, 4.69) is 49.9 Å². The maximum atomic E-state index is 12.6. The van der Waals surface area contributed by atoms with E-state index in [1.165, 1.54) is 23.1 Å². The predicted molar refractivity (Wildman–Crippen MR) is 291 cm³/mol. The second-order valence-corrected chi connectivity index (χ2v) is 19.5. The summed E-state index contributed by atoms with van der Waals surface area (Å²) in [7, 11) is 1.00. The monoisotopic (exact) mass is 1070 g/mol. The maximum absolute atomic E-state index is 12.6. The van der Waals surface area contributed by atoms with Crippen molar-refractivity contribution in [2.24, 2.45) is 0 Å². The smallest absolute Gasteiger partial charge is 0.870 e. The molecule has 2 amide bonds. The molecule has 2 aliphatic rings. The fraction of sp³-hybridized carbons (Fsp3) is 0.220. The number of carbonyl (C=O) groups is 3. The number of aryl methyl sites for hydroxylation is 2. The quantitative estimate of drug-likeness (QED) is 0.0595. The van der Waals surface area contributed by atoms with Gasteiger partial charge in [-0.2, -0.15) is 8.75 Å². The number of hydrogen-bond donors (Lipinski definition) is 4. The third kappa shape index (κ3) is 13.6. The Morgan fingerprint density at radius 3 is 1.20 bits per heavy atom. The van der Waals surface area contributed by atoms with Crippen LogP contribution < -0.4 is 62.0 Å². The maximum Gasteiger partial charge on any atom is 1.00 e. The normalized spacial score (nSPS) is 13.9. The number of aliphatic hydroxyl groups excluding tert-OH is 1. The first-order valence-electron chi connectivity index (χ1n) is 23.8. The van der Waals surface area contributed by atoms with Crippen molar-refractivity contribution >= 4 is 58.9 Å². The number of anilines is 2. The third-order valence-electron chi connectivity index (χ3n) is 13.2. The molecular formula is C59H56KN4O9S2-. The van der Waals surface area contributed by atoms with Crippen molar-refractivity contribution in [3.63, 3.8) is 0 Å². The van der Waals surface area contributed by atoms with Crippen molar-refractivity contribution in [1.29, 1.82) is 0 Å². The Bertz CT molecular complexity index is 3180. The number of carbonyl (C=O) groups excluding carboxylic acids is 3. The van der Waals surface area contributed by atoms with Crippen LogP contribution in [0.4, 0.5) is 21.0 Å². The minimum Gasteiger partial charge on any atom is -0.870 e. The van der Waals surface area contributed by atoms with Gasteiger partial charge >= 0.3 is 69.5 Å². The number of carboxylic acids is 1. The molecule has 0 saturated heterocycles. The standard InChI is InChI=1S/C29H26N2O4S.C29H25N2O3S.CH4O.K.H2O/c1-18-25(30-28(34)35-19(2)20-6-4-3-5-7-20)26(36-31-18)23-10-8-21(9-11-23)22-12-14-24(15-13-22)29(16-17-29)27(32)33;1-19-26(30-28(33)34-20(2)21-6-4-3-5-7-21)27(35-31-19)24-10-8-22(9-11-24)23-12-14-25(15-13-23)29(18-32)16-17-29;1-2;;/h3-15,19H,16-17H2,1-2H3,(H,30,34)(H,32,33);3-15,20H,16-17H2,1-2H3,(H,30,33);2H,1H3;;1H2/q;-1;;+1;/p-1/t19-;20-;;;/m11.../s1. The molecule has 380 valence electrons. The van der Waals surface area contributed by atoms with E-state index >= 15 is 0 Å². The Kier molecular flexibility index (Phi) is 20.2. The molecule has 0 spiro atoms.